The molecule has 0 aromatic heterocycles. The van der Waals surface area contributed by atoms with Crippen LogP contribution in [0.5, 0.6) is 0 Å². The molecule has 3 fully saturated rings. The number of fused-ring (bicyclic) bond motifs is 2. The van der Waals surface area contributed by atoms with Gasteiger partial charge >= 0.3 is 5.97 Å². The number of aliphatic hydroxyl groups is 4. The minimum Gasteiger partial charge on any atom is -0.472 e. The van der Waals surface area contributed by atoms with Crippen molar-refractivity contribution in [1.82, 2.24) is 4.90 Å². The number of likely N-dealkylation sites (N-methyl/N-ethyl adjacent to an activating group) is 1. The molecule has 50 heavy (non-hydrogen) atoms. The number of nitrogens with zero attached hydrogens (tertiary/aromatic N) is 2. The Morgan fingerprint density at radius 1 is 0.900 bits per heavy atom. The van der Waals surface area contributed by atoms with Gasteiger partial charge in [0.25, 0.3) is 0 Å². The maximum absolute atomic E-state index is 14.0. The highest BCUT2D eigenvalue weighted by atomic mass is 16.7. The normalized spacial score (nSPS) is 51.0. The monoisotopic (exact) mass is 716 g/mol. The summed E-state index contributed by atoms with van der Waals surface area (Å²) in [6, 6.07) is -0.531. The van der Waals surface area contributed by atoms with Crippen molar-refractivity contribution < 1.29 is 58.4 Å². The van der Waals surface area contributed by atoms with Gasteiger partial charge in [-0.3, -0.25) is 9.79 Å². The van der Waals surface area contributed by atoms with Crippen LogP contribution in [0.15, 0.2) is 4.99 Å². The first-order valence-electron chi connectivity index (χ1n) is 18.1. The minimum atomic E-state index is -1.88. The highest BCUT2D eigenvalue weighted by Crippen LogP contribution is 2.43. The van der Waals surface area contributed by atoms with Gasteiger partial charge < -0.3 is 58.5 Å². The van der Waals surface area contributed by atoms with E-state index >= 15 is 0 Å². The zero-order valence-corrected chi connectivity index (χ0v) is 32.2. The van der Waals surface area contributed by atoms with Crippen molar-refractivity contribution >= 4 is 11.9 Å². The standard InChI is InChI=1S/C36H64N2O12/c1-17-15-35(9)30(49-33-26(39)24(38(11)12)14-18(2)45-33)19(3)27(48-25-16-34(8,44-13)29(41)22(6)46-25)20(4)32(42)47-23(7)36(10,43)28(40)21(5)31(37-17)50-35/h17-30,33,39-41,43H,14-16H2,1-13H3/t17-,18?,19+,20-,21-,22?,23-,24?,25?,26?,27+,28-,29?,30-,33?,34?,35-,36-/m1/s1. The van der Waals surface area contributed by atoms with Crippen LogP contribution in [-0.2, 0) is 38.0 Å². The van der Waals surface area contributed by atoms with Crippen molar-refractivity contribution in [2.45, 2.75) is 179 Å². The summed E-state index contributed by atoms with van der Waals surface area (Å²) in [6.45, 7) is 17.5. The fourth-order valence-corrected chi connectivity index (χ4v) is 8.22. The summed E-state index contributed by atoms with van der Waals surface area (Å²) in [5, 5.41) is 45.6. The molecule has 0 aliphatic carbocycles. The molecule has 8 unspecified atom stereocenters. The molecule has 0 spiro atoms. The fourth-order valence-electron chi connectivity index (χ4n) is 8.22. The molecule has 18 atom stereocenters. The Balaban J connectivity index is 1.85. The van der Waals surface area contributed by atoms with Crippen molar-refractivity contribution in [2.24, 2.45) is 22.7 Å². The van der Waals surface area contributed by atoms with Crippen molar-refractivity contribution in [2.75, 3.05) is 21.2 Å². The van der Waals surface area contributed by atoms with Crippen LogP contribution < -0.4 is 0 Å². The highest BCUT2D eigenvalue weighted by molar-refractivity contribution is 5.80. The van der Waals surface area contributed by atoms with Crippen molar-refractivity contribution in [3.63, 3.8) is 0 Å². The summed E-state index contributed by atoms with van der Waals surface area (Å²) in [6.07, 6.45) is -8.00. The average molecular weight is 717 g/mol. The predicted molar refractivity (Wildman–Crippen MR) is 183 cm³/mol. The van der Waals surface area contributed by atoms with Gasteiger partial charge in [-0.25, -0.2) is 0 Å². The lowest BCUT2D eigenvalue weighted by atomic mass is 9.78. The third kappa shape index (κ3) is 8.19. The topological polar surface area (TPSA) is 178 Å². The van der Waals surface area contributed by atoms with E-state index in [2.05, 4.69) is 0 Å². The van der Waals surface area contributed by atoms with Crippen LogP contribution in [0.1, 0.15) is 88.5 Å². The van der Waals surface area contributed by atoms with Crippen LogP contribution in [0.2, 0.25) is 0 Å². The van der Waals surface area contributed by atoms with E-state index in [-0.39, 0.29) is 30.5 Å². The molecule has 4 N–H and O–H groups in total. The summed E-state index contributed by atoms with van der Waals surface area (Å²) >= 11 is 0. The van der Waals surface area contributed by atoms with E-state index in [0.717, 1.165) is 0 Å². The molecule has 4 aliphatic heterocycles. The summed E-state index contributed by atoms with van der Waals surface area (Å²) in [4.78, 5) is 20.7. The Bertz CT molecular complexity index is 1200. The molecular weight excluding hydrogens is 652 g/mol. The molecule has 0 saturated carbocycles. The van der Waals surface area contributed by atoms with Gasteiger partial charge in [-0.05, 0) is 75.9 Å². The molecule has 4 rings (SSSR count). The van der Waals surface area contributed by atoms with Gasteiger partial charge in [-0.1, -0.05) is 13.8 Å². The largest absolute Gasteiger partial charge is 0.472 e. The van der Waals surface area contributed by atoms with Crippen molar-refractivity contribution in [1.29, 1.82) is 0 Å². The van der Waals surface area contributed by atoms with Crippen LogP contribution in [-0.4, -0.2) is 149 Å². The van der Waals surface area contributed by atoms with Gasteiger partial charge in [0.05, 0.1) is 47.9 Å². The molecule has 4 aliphatic rings. The highest BCUT2D eigenvalue weighted by Gasteiger charge is 2.55. The molecule has 2 bridgehead atoms. The number of rotatable bonds is 6. The maximum Gasteiger partial charge on any atom is 0.311 e. The summed E-state index contributed by atoms with van der Waals surface area (Å²) in [5.74, 6) is -2.83. The summed E-state index contributed by atoms with van der Waals surface area (Å²) < 4.78 is 44.4. The molecule has 0 aromatic carbocycles. The smallest absolute Gasteiger partial charge is 0.311 e. The van der Waals surface area contributed by atoms with E-state index in [1.807, 2.05) is 46.7 Å². The molecule has 14 heteroatoms. The van der Waals surface area contributed by atoms with Gasteiger partial charge in [0, 0.05) is 31.9 Å². The number of aliphatic imine (C=N–C) groups is 1. The van der Waals surface area contributed by atoms with Crippen LogP contribution in [0, 0.1) is 17.8 Å². The number of carbonyl (C=O) groups excluding carboxylic acids is 1. The number of cyclic esters (lactones) is 1. The summed E-state index contributed by atoms with van der Waals surface area (Å²) in [7, 11) is 5.32. The van der Waals surface area contributed by atoms with Crippen LogP contribution in [0.25, 0.3) is 0 Å². The second-order valence-electron chi connectivity index (χ2n) is 16.3. The lowest BCUT2D eigenvalue weighted by Crippen LogP contribution is -2.62. The van der Waals surface area contributed by atoms with E-state index in [4.69, 9.17) is 38.2 Å². The molecule has 0 aromatic rings. The number of esters is 1. The summed E-state index contributed by atoms with van der Waals surface area (Å²) in [5.41, 5.74) is -4.01. The van der Waals surface area contributed by atoms with Crippen molar-refractivity contribution in [3.8, 4) is 0 Å². The van der Waals surface area contributed by atoms with Crippen LogP contribution in [0.3, 0.4) is 0 Å². The number of hydrogen-bond acceptors (Lipinski definition) is 14. The molecule has 3 saturated heterocycles. The third-order valence-corrected chi connectivity index (χ3v) is 11.8. The van der Waals surface area contributed by atoms with Gasteiger partial charge in [0.15, 0.2) is 18.5 Å². The molecule has 290 valence electrons. The molecule has 0 amide bonds. The predicted octanol–water partition coefficient (Wildman–Crippen LogP) is 2.02. The second-order valence-corrected chi connectivity index (χ2v) is 16.3. The lowest BCUT2D eigenvalue weighted by molar-refractivity contribution is -0.317. The first-order valence-corrected chi connectivity index (χ1v) is 18.1. The fraction of sp³-hybridized carbons (Fsp3) is 0.944. The Hall–Kier alpha value is -1.46. The van der Waals surface area contributed by atoms with Gasteiger partial charge in [-0.2, -0.15) is 0 Å². The van der Waals surface area contributed by atoms with Gasteiger partial charge in [0.1, 0.15) is 35.6 Å². The van der Waals surface area contributed by atoms with E-state index in [1.54, 1.807) is 27.7 Å². The van der Waals surface area contributed by atoms with E-state index in [0.29, 0.717) is 12.8 Å². The zero-order chi connectivity index (χ0) is 37.7. The first kappa shape index (κ1) is 41.3. The second kappa shape index (κ2) is 15.5. The average Bonchev–Trinajstić information content (AvgIpc) is 3.03. The first-order chi connectivity index (χ1) is 23.1. The zero-order valence-electron chi connectivity index (χ0n) is 32.2. The quantitative estimate of drug-likeness (QED) is 0.294. The Labute approximate surface area is 297 Å². The Morgan fingerprint density at radius 3 is 2.14 bits per heavy atom. The molecular formula is C36H64N2O12. The van der Waals surface area contributed by atoms with Crippen LogP contribution >= 0.6 is 0 Å². The Kier molecular flexibility index (Phi) is 12.8. The third-order valence-electron chi connectivity index (χ3n) is 11.8. The van der Waals surface area contributed by atoms with E-state index in [1.165, 1.54) is 21.0 Å². The lowest BCUT2D eigenvalue weighted by Gasteiger charge is -2.50. The number of carbonyl (C=O) groups is 1. The minimum absolute atomic E-state index is 0.161. The van der Waals surface area contributed by atoms with E-state index < -0.39 is 95.8 Å². The number of aliphatic hydroxyl groups excluding tert-OH is 3. The van der Waals surface area contributed by atoms with Gasteiger partial charge in [0.2, 0.25) is 0 Å². The molecule has 14 nitrogen and oxygen atoms in total. The number of hydrogen-bond donors (Lipinski definition) is 4. The van der Waals surface area contributed by atoms with Crippen molar-refractivity contribution in [3.05, 3.63) is 0 Å². The van der Waals surface area contributed by atoms with E-state index in [9.17, 15) is 25.2 Å². The SMILES string of the molecule is COC1(C)CC(O[C@H]2[C@H](C)[C@@H](OC3OC(C)CC(N(C)C)C3O)[C@@]3(C)C[C@@H](C)N=C(O3)[C@H](C)[C@@H](O)[C@](C)(O)[C@@H](C)OC(=O)[C@@H]2C)OC(C)C1O. The maximum atomic E-state index is 14.0. The number of methoxy groups -OCH3 is 1. The molecule has 4 heterocycles. The Morgan fingerprint density at radius 2 is 1.54 bits per heavy atom. The molecule has 0 radical (unpaired) electrons. The van der Waals surface area contributed by atoms with Gasteiger partial charge in [-0.15, -0.1) is 0 Å². The van der Waals surface area contributed by atoms with Crippen LogP contribution in [0.4, 0.5) is 0 Å². The number of ether oxygens (including phenoxy) is 7.